The molecule has 110 valence electrons. The molecular weight excluding hydrogens is 261 g/mol. The van der Waals surface area contributed by atoms with E-state index in [1.807, 2.05) is 0 Å². The van der Waals surface area contributed by atoms with Gasteiger partial charge in [-0.1, -0.05) is 0 Å². The first-order chi connectivity index (χ1) is 8.79. The van der Waals surface area contributed by atoms with Crippen molar-refractivity contribution in [1.29, 1.82) is 0 Å². The third-order valence-electron chi connectivity index (χ3n) is 4.14. The van der Waals surface area contributed by atoms with Crippen molar-refractivity contribution in [2.75, 3.05) is 26.3 Å². The van der Waals surface area contributed by atoms with Gasteiger partial charge in [0, 0.05) is 25.3 Å². The zero-order valence-corrected chi connectivity index (χ0v) is 10.9. The molecule has 0 aromatic heterocycles. The maximum atomic E-state index is 13.2. The number of hydrogen-bond acceptors (Lipinski definition) is 3. The molecular formula is C12H19F3N2O2. The third kappa shape index (κ3) is 2.72. The number of rotatable bonds is 2. The number of alkyl halides is 3. The number of hydrogen-bond donors (Lipinski definition) is 2. The van der Waals surface area contributed by atoms with Crippen LogP contribution in [0.25, 0.3) is 0 Å². The van der Waals surface area contributed by atoms with E-state index in [0.29, 0.717) is 26.1 Å². The Morgan fingerprint density at radius 1 is 1.26 bits per heavy atom. The summed E-state index contributed by atoms with van der Waals surface area (Å²) in [6.45, 7) is 2.59. The van der Waals surface area contributed by atoms with Crippen molar-refractivity contribution in [3.63, 3.8) is 0 Å². The topological polar surface area (TPSA) is 50.4 Å². The smallest absolute Gasteiger partial charge is 0.381 e. The zero-order valence-electron chi connectivity index (χ0n) is 10.9. The average Bonchev–Trinajstić information content (AvgIpc) is 2.78. The van der Waals surface area contributed by atoms with E-state index in [4.69, 9.17) is 4.74 Å². The quantitative estimate of drug-likeness (QED) is 0.799. The molecule has 0 aliphatic carbocycles. The van der Waals surface area contributed by atoms with E-state index in [0.717, 1.165) is 0 Å². The highest BCUT2D eigenvalue weighted by molar-refractivity contribution is 5.85. The molecule has 2 aliphatic rings. The van der Waals surface area contributed by atoms with E-state index < -0.39 is 23.0 Å². The van der Waals surface area contributed by atoms with Gasteiger partial charge in [0.2, 0.25) is 5.91 Å². The third-order valence-corrected chi connectivity index (χ3v) is 4.14. The predicted molar refractivity (Wildman–Crippen MR) is 62.6 cm³/mol. The first-order valence-corrected chi connectivity index (χ1v) is 6.47. The Morgan fingerprint density at radius 2 is 1.89 bits per heavy atom. The molecule has 2 rings (SSSR count). The van der Waals surface area contributed by atoms with Gasteiger partial charge in [-0.2, -0.15) is 13.2 Å². The molecule has 2 saturated heterocycles. The number of ether oxygens (including phenoxy) is 1. The highest BCUT2D eigenvalue weighted by atomic mass is 19.4. The van der Waals surface area contributed by atoms with E-state index >= 15 is 0 Å². The summed E-state index contributed by atoms with van der Waals surface area (Å²) >= 11 is 0. The fraction of sp³-hybridized carbons (Fsp3) is 0.917. The first kappa shape index (κ1) is 14.6. The normalized spacial score (nSPS) is 31.2. The molecule has 0 radical (unpaired) electrons. The predicted octanol–water partition coefficient (Wildman–Crippen LogP) is 1.21. The largest absolute Gasteiger partial charge is 0.404 e. The van der Waals surface area contributed by atoms with Crippen molar-refractivity contribution in [1.82, 2.24) is 10.6 Å². The van der Waals surface area contributed by atoms with Crippen molar-refractivity contribution in [2.24, 2.45) is 5.41 Å². The molecule has 0 bridgehead atoms. The molecule has 7 heteroatoms. The summed E-state index contributed by atoms with van der Waals surface area (Å²) in [4.78, 5) is 12.2. The second-order valence-corrected chi connectivity index (χ2v) is 5.63. The van der Waals surface area contributed by atoms with E-state index in [-0.39, 0.29) is 19.5 Å². The van der Waals surface area contributed by atoms with Gasteiger partial charge in [-0.25, -0.2) is 0 Å². The van der Waals surface area contributed by atoms with Crippen molar-refractivity contribution in [3.05, 3.63) is 0 Å². The summed E-state index contributed by atoms with van der Waals surface area (Å²) in [6, 6.07) is 0. The van der Waals surface area contributed by atoms with Crippen LogP contribution in [0.3, 0.4) is 0 Å². The minimum Gasteiger partial charge on any atom is -0.381 e. The molecule has 2 heterocycles. The summed E-state index contributed by atoms with van der Waals surface area (Å²) in [7, 11) is 0. The lowest BCUT2D eigenvalue weighted by Gasteiger charge is -2.38. The van der Waals surface area contributed by atoms with Crippen LogP contribution in [-0.4, -0.2) is 43.9 Å². The molecule has 2 aliphatic heterocycles. The SMILES string of the molecule is CC1(NC(=O)C2(C(F)(F)F)CCNC2)CCOCC1. The highest BCUT2D eigenvalue weighted by Crippen LogP contribution is 2.43. The molecule has 19 heavy (non-hydrogen) atoms. The second-order valence-electron chi connectivity index (χ2n) is 5.63. The lowest BCUT2D eigenvalue weighted by atomic mass is 9.83. The maximum absolute atomic E-state index is 13.2. The Morgan fingerprint density at radius 3 is 2.37 bits per heavy atom. The van der Waals surface area contributed by atoms with E-state index in [1.165, 1.54) is 0 Å². The van der Waals surface area contributed by atoms with Gasteiger partial charge >= 0.3 is 6.18 Å². The summed E-state index contributed by atoms with van der Waals surface area (Å²) in [5.41, 5.74) is -2.88. The van der Waals surface area contributed by atoms with Crippen LogP contribution in [0.5, 0.6) is 0 Å². The van der Waals surface area contributed by atoms with Crippen LogP contribution in [-0.2, 0) is 9.53 Å². The monoisotopic (exact) mass is 280 g/mol. The molecule has 0 spiro atoms. The van der Waals surface area contributed by atoms with Gasteiger partial charge in [0.1, 0.15) is 0 Å². The lowest BCUT2D eigenvalue weighted by molar-refractivity contribution is -0.217. The molecule has 0 aromatic carbocycles. The molecule has 2 N–H and O–H groups in total. The van der Waals surface area contributed by atoms with Crippen LogP contribution in [0.1, 0.15) is 26.2 Å². The van der Waals surface area contributed by atoms with Crippen LogP contribution in [0.4, 0.5) is 13.2 Å². The van der Waals surface area contributed by atoms with Crippen molar-refractivity contribution >= 4 is 5.91 Å². The Labute approximate surface area is 110 Å². The number of nitrogens with one attached hydrogen (secondary N) is 2. The first-order valence-electron chi connectivity index (χ1n) is 6.47. The Bertz CT molecular complexity index is 345. The van der Waals surface area contributed by atoms with Crippen LogP contribution < -0.4 is 10.6 Å². The van der Waals surface area contributed by atoms with Gasteiger partial charge in [-0.3, -0.25) is 4.79 Å². The maximum Gasteiger partial charge on any atom is 0.404 e. The Kier molecular flexibility index (Phi) is 3.79. The van der Waals surface area contributed by atoms with Crippen LogP contribution in [0.2, 0.25) is 0 Å². The van der Waals surface area contributed by atoms with Crippen LogP contribution in [0.15, 0.2) is 0 Å². The van der Waals surface area contributed by atoms with Gasteiger partial charge in [0.15, 0.2) is 5.41 Å². The van der Waals surface area contributed by atoms with Gasteiger partial charge in [-0.05, 0) is 32.7 Å². The molecule has 1 unspecified atom stereocenters. The molecule has 1 atom stereocenters. The fourth-order valence-electron chi connectivity index (χ4n) is 2.60. The van der Waals surface area contributed by atoms with Crippen molar-refractivity contribution < 1.29 is 22.7 Å². The van der Waals surface area contributed by atoms with E-state index in [1.54, 1.807) is 6.92 Å². The van der Waals surface area contributed by atoms with Crippen molar-refractivity contribution in [3.8, 4) is 0 Å². The number of carbonyl (C=O) groups excluding carboxylic acids is 1. The number of amides is 1. The lowest BCUT2D eigenvalue weighted by Crippen LogP contribution is -2.59. The Balaban J connectivity index is 2.12. The summed E-state index contributed by atoms with van der Waals surface area (Å²) in [5, 5.41) is 5.25. The number of halogens is 3. The summed E-state index contributed by atoms with van der Waals surface area (Å²) < 4.78 is 44.8. The standard InChI is InChI=1S/C12H19F3N2O2/c1-10(3-6-19-7-4-10)17-9(18)11(12(13,14)15)2-5-16-8-11/h16H,2-8H2,1H3,(H,17,18). The van der Waals surface area contributed by atoms with Crippen molar-refractivity contribution in [2.45, 2.75) is 37.9 Å². The average molecular weight is 280 g/mol. The molecule has 2 fully saturated rings. The fourth-order valence-corrected chi connectivity index (χ4v) is 2.60. The van der Waals surface area contributed by atoms with Gasteiger partial charge in [-0.15, -0.1) is 0 Å². The van der Waals surface area contributed by atoms with Gasteiger partial charge in [0.25, 0.3) is 0 Å². The summed E-state index contributed by atoms with van der Waals surface area (Å²) in [6.07, 6.45) is -3.64. The molecule has 0 aromatic rings. The molecule has 0 saturated carbocycles. The minimum absolute atomic E-state index is 0.199. The Hall–Kier alpha value is -0.820. The summed E-state index contributed by atoms with van der Waals surface area (Å²) in [5.74, 6) is -0.908. The number of carbonyl (C=O) groups is 1. The van der Waals surface area contributed by atoms with Crippen LogP contribution in [0, 0.1) is 5.41 Å². The van der Waals surface area contributed by atoms with E-state index in [2.05, 4.69) is 10.6 Å². The molecule has 1 amide bonds. The second kappa shape index (κ2) is 4.94. The zero-order chi connectivity index (χ0) is 14.1. The van der Waals surface area contributed by atoms with Gasteiger partial charge in [0.05, 0.1) is 0 Å². The van der Waals surface area contributed by atoms with E-state index in [9.17, 15) is 18.0 Å². The van der Waals surface area contributed by atoms with Crippen LogP contribution >= 0.6 is 0 Å². The highest BCUT2D eigenvalue weighted by Gasteiger charge is 2.62. The molecule has 4 nitrogen and oxygen atoms in total. The van der Waals surface area contributed by atoms with Gasteiger partial charge < -0.3 is 15.4 Å². The minimum atomic E-state index is -4.53.